The van der Waals surface area contributed by atoms with Crippen molar-refractivity contribution in [2.45, 2.75) is 18.0 Å². The van der Waals surface area contributed by atoms with Crippen LogP contribution in [-0.4, -0.2) is 18.5 Å². The normalized spacial score (nSPS) is 11.7. The van der Waals surface area contributed by atoms with Gasteiger partial charge in [-0.1, -0.05) is 0 Å². The van der Waals surface area contributed by atoms with Gasteiger partial charge in [0.2, 0.25) is 10.0 Å². The van der Waals surface area contributed by atoms with E-state index in [1.54, 1.807) is 10.9 Å². The van der Waals surface area contributed by atoms with Crippen LogP contribution >= 0.6 is 11.3 Å². The van der Waals surface area contributed by atoms with Crippen molar-refractivity contribution in [1.82, 2.24) is 9.71 Å². The fourth-order valence-corrected chi connectivity index (χ4v) is 3.02. The van der Waals surface area contributed by atoms with Gasteiger partial charge >= 0.3 is 0 Å². The summed E-state index contributed by atoms with van der Waals surface area (Å²) in [6, 6.07) is 3.28. The molecule has 1 aromatic heterocycles. The highest BCUT2D eigenvalue weighted by molar-refractivity contribution is 7.89. The Kier molecular flexibility index (Phi) is 4.25. The number of hydrogen-bond acceptors (Lipinski definition) is 5. The van der Waals surface area contributed by atoms with Crippen LogP contribution in [0.2, 0.25) is 0 Å². The number of aromatic nitrogens is 1. The minimum Gasteiger partial charge on any atom is -0.392 e. The van der Waals surface area contributed by atoms with Gasteiger partial charge in [0.15, 0.2) is 0 Å². The summed E-state index contributed by atoms with van der Waals surface area (Å²) in [6.45, 7) is -0.487. The van der Waals surface area contributed by atoms with Crippen molar-refractivity contribution in [1.29, 1.82) is 0 Å². The van der Waals surface area contributed by atoms with Crippen LogP contribution < -0.4 is 4.72 Å². The van der Waals surface area contributed by atoms with Crippen LogP contribution in [-0.2, 0) is 23.2 Å². The van der Waals surface area contributed by atoms with Crippen LogP contribution in [0, 0.1) is 5.82 Å². The van der Waals surface area contributed by atoms with Crippen molar-refractivity contribution in [2.24, 2.45) is 0 Å². The molecule has 1 aromatic carbocycles. The minimum absolute atomic E-state index is 0.0588. The molecule has 8 heteroatoms. The zero-order valence-electron chi connectivity index (χ0n) is 9.71. The highest BCUT2D eigenvalue weighted by Gasteiger charge is 2.16. The van der Waals surface area contributed by atoms with Crippen molar-refractivity contribution in [3.8, 4) is 0 Å². The molecule has 0 unspecified atom stereocenters. The third-order valence-electron chi connectivity index (χ3n) is 2.42. The number of aliphatic hydroxyl groups excluding tert-OH is 1. The van der Waals surface area contributed by atoms with Gasteiger partial charge in [0, 0.05) is 10.9 Å². The monoisotopic (exact) mass is 302 g/mol. The summed E-state index contributed by atoms with van der Waals surface area (Å²) in [6.07, 6.45) is 0. The summed E-state index contributed by atoms with van der Waals surface area (Å²) in [7, 11) is -3.75. The van der Waals surface area contributed by atoms with E-state index in [0.29, 0.717) is 5.69 Å². The maximum Gasteiger partial charge on any atom is 0.240 e. The molecule has 2 aromatic rings. The molecule has 0 amide bonds. The molecule has 0 aliphatic heterocycles. The number of rotatable bonds is 5. The Morgan fingerprint density at radius 3 is 2.84 bits per heavy atom. The maximum absolute atomic E-state index is 13.2. The fraction of sp³-hybridized carbons (Fsp3) is 0.182. The molecule has 5 nitrogen and oxygen atoms in total. The second kappa shape index (κ2) is 5.74. The Morgan fingerprint density at radius 1 is 1.42 bits per heavy atom. The lowest BCUT2D eigenvalue weighted by molar-refractivity contribution is 0.275. The minimum atomic E-state index is -3.75. The number of thiazole rings is 1. The van der Waals surface area contributed by atoms with E-state index in [4.69, 9.17) is 5.11 Å². The summed E-state index contributed by atoms with van der Waals surface area (Å²) in [5.41, 5.74) is 2.15. The average molecular weight is 302 g/mol. The zero-order chi connectivity index (χ0) is 13.9. The fourth-order valence-electron chi connectivity index (χ4n) is 1.42. The van der Waals surface area contributed by atoms with E-state index in [1.165, 1.54) is 11.3 Å². The first-order valence-corrected chi connectivity index (χ1v) is 7.71. The highest BCUT2D eigenvalue weighted by Crippen LogP contribution is 2.15. The van der Waals surface area contributed by atoms with Crippen molar-refractivity contribution in [3.63, 3.8) is 0 Å². The van der Waals surface area contributed by atoms with Gasteiger partial charge < -0.3 is 5.11 Å². The first-order valence-electron chi connectivity index (χ1n) is 5.29. The molecule has 0 bridgehead atoms. The van der Waals surface area contributed by atoms with Gasteiger partial charge in [0.1, 0.15) is 5.82 Å². The number of nitrogens with zero attached hydrogens (tertiary/aromatic N) is 1. The summed E-state index contributed by atoms with van der Waals surface area (Å²) in [4.78, 5) is 3.86. The van der Waals surface area contributed by atoms with E-state index in [1.807, 2.05) is 0 Å². The van der Waals surface area contributed by atoms with Crippen LogP contribution in [0.4, 0.5) is 4.39 Å². The molecule has 2 rings (SSSR count). The van der Waals surface area contributed by atoms with Gasteiger partial charge in [-0.3, -0.25) is 0 Å². The maximum atomic E-state index is 13.2. The first kappa shape index (κ1) is 14.1. The SMILES string of the molecule is O=S(=O)(NCc1cscn1)c1ccc(F)c(CO)c1. The molecule has 0 atom stereocenters. The van der Waals surface area contributed by atoms with Gasteiger partial charge in [-0.25, -0.2) is 22.5 Å². The third kappa shape index (κ3) is 3.35. The smallest absolute Gasteiger partial charge is 0.240 e. The van der Waals surface area contributed by atoms with Gasteiger partial charge in [-0.2, -0.15) is 0 Å². The molecule has 19 heavy (non-hydrogen) atoms. The molecule has 1 heterocycles. The first-order chi connectivity index (χ1) is 9.03. The lowest BCUT2D eigenvalue weighted by atomic mass is 10.2. The largest absolute Gasteiger partial charge is 0.392 e. The van der Waals surface area contributed by atoms with Crippen LogP contribution in [0.25, 0.3) is 0 Å². The van der Waals surface area contributed by atoms with Crippen molar-refractivity contribution in [3.05, 3.63) is 46.2 Å². The quantitative estimate of drug-likeness (QED) is 0.871. The molecule has 0 aliphatic carbocycles. The second-order valence-corrected chi connectivity index (χ2v) is 6.20. The number of halogens is 1. The lowest BCUT2D eigenvalue weighted by Crippen LogP contribution is -2.23. The molecular weight excluding hydrogens is 291 g/mol. The summed E-state index contributed by atoms with van der Waals surface area (Å²) >= 11 is 1.37. The predicted octanol–water partition coefficient (Wildman–Crippen LogP) is 1.25. The number of sulfonamides is 1. The average Bonchev–Trinajstić information content (AvgIpc) is 2.90. The molecule has 2 N–H and O–H groups in total. The van der Waals surface area contributed by atoms with Gasteiger partial charge in [-0.15, -0.1) is 11.3 Å². The third-order valence-corrected chi connectivity index (χ3v) is 4.46. The summed E-state index contributed by atoms with van der Waals surface area (Å²) < 4.78 is 39.5. The lowest BCUT2D eigenvalue weighted by Gasteiger charge is -2.07. The van der Waals surface area contributed by atoms with E-state index >= 15 is 0 Å². The molecule has 0 saturated carbocycles. The summed E-state index contributed by atoms with van der Waals surface area (Å²) in [5.74, 6) is -0.638. The zero-order valence-corrected chi connectivity index (χ0v) is 11.3. The van der Waals surface area contributed by atoms with Crippen LogP contribution in [0.1, 0.15) is 11.3 Å². The Morgan fingerprint density at radius 2 is 2.21 bits per heavy atom. The number of hydrogen-bond donors (Lipinski definition) is 2. The van der Waals surface area contributed by atoms with Crippen molar-refractivity contribution < 1.29 is 17.9 Å². The molecular formula is C11H11FN2O3S2. The molecule has 0 aliphatic rings. The Labute approximate surface area is 113 Å². The number of aliphatic hydroxyl groups is 1. The molecule has 0 radical (unpaired) electrons. The Bertz CT molecular complexity index is 657. The van der Waals surface area contributed by atoms with Gasteiger partial charge in [0.05, 0.1) is 29.3 Å². The molecule has 0 saturated heterocycles. The van der Waals surface area contributed by atoms with E-state index in [-0.39, 0.29) is 17.0 Å². The van der Waals surface area contributed by atoms with Gasteiger partial charge in [0.25, 0.3) is 0 Å². The van der Waals surface area contributed by atoms with Crippen LogP contribution in [0.3, 0.4) is 0 Å². The number of benzene rings is 1. The van der Waals surface area contributed by atoms with Crippen molar-refractivity contribution >= 4 is 21.4 Å². The van der Waals surface area contributed by atoms with Gasteiger partial charge in [-0.05, 0) is 18.2 Å². The highest BCUT2D eigenvalue weighted by atomic mass is 32.2. The molecule has 0 spiro atoms. The molecule has 0 fully saturated rings. The number of nitrogens with one attached hydrogen (secondary N) is 1. The standard InChI is InChI=1S/C11H11FN2O3S2/c12-11-2-1-10(3-8(11)5-15)19(16,17)14-4-9-6-18-7-13-9/h1-3,6-7,14-15H,4-5H2. The van der Waals surface area contributed by atoms with Crippen LogP contribution in [0.15, 0.2) is 34.0 Å². The van der Waals surface area contributed by atoms with Crippen LogP contribution in [0.5, 0.6) is 0 Å². The summed E-state index contributed by atoms with van der Waals surface area (Å²) in [5, 5.41) is 10.7. The Hall–Kier alpha value is -1.35. The van der Waals surface area contributed by atoms with Crippen molar-refractivity contribution in [2.75, 3.05) is 0 Å². The topological polar surface area (TPSA) is 79.3 Å². The Balaban J connectivity index is 2.19. The predicted molar refractivity (Wildman–Crippen MR) is 68.5 cm³/mol. The second-order valence-electron chi connectivity index (χ2n) is 3.72. The van der Waals surface area contributed by atoms with E-state index < -0.39 is 22.4 Å². The van der Waals surface area contributed by atoms with E-state index in [9.17, 15) is 12.8 Å². The van der Waals surface area contributed by atoms with E-state index in [2.05, 4.69) is 9.71 Å². The van der Waals surface area contributed by atoms with E-state index in [0.717, 1.165) is 18.2 Å². The molecule has 102 valence electrons.